The Balaban J connectivity index is 2.21. The number of hydrogen-bond acceptors (Lipinski definition) is 4. The van der Waals surface area contributed by atoms with Crippen LogP contribution in [0.3, 0.4) is 0 Å². The van der Waals surface area contributed by atoms with E-state index in [4.69, 9.17) is 9.47 Å². The highest BCUT2D eigenvalue weighted by atomic mass is 16.6. The molecule has 1 aromatic carbocycles. The van der Waals surface area contributed by atoms with Crippen molar-refractivity contribution in [1.82, 2.24) is 0 Å². The maximum atomic E-state index is 12.1. The molecule has 21 heavy (non-hydrogen) atoms. The smallest absolute Gasteiger partial charge is 0.335 e. The summed E-state index contributed by atoms with van der Waals surface area (Å²) in [6.45, 7) is 9.14. The monoisotopic (exact) mass is 292 g/mol. The molecule has 0 unspecified atom stereocenters. The Morgan fingerprint density at radius 3 is 2.62 bits per heavy atom. The maximum Gasteiger partial charge on any atom is 0.335 e. The molecule has 2 rings (SSSR count). The molecule has 0 aliphatic carbocycles. The Hall–Kier alpha value is -1.55. The molecule has 0 fully saturated rings. The van der Waals surface area contributed by atoms with Crippen LogP contribution in [0.5, 0.6) is 5.75 Å². The van der Waals surface area contributed by atoms with E-state index >= 15 is 0 Å². The first-order valence-electron chi connectivity index (χ1n) is 7.28. The minimum Gasteiger partial charge on any atom is -0.487 e. The van der Waals surface area contributed by atoms with Gasteiger partial charge in [0.15, 0.2) is 6.10 Å². The lowest BCUT2D eigenvalue weighted by Crippen LogP contribution is -2.51. The molecular formula is C17H24O4. The number of fused-ring (bicyclic) bond motifs is 1. The Bertz CT molecular complexity index is 528. The first-order valence-corrected chi connectivity index (χ1v) is 7.28. The second kappa shape index (κ2) is 5.34. The lowest BCUT2D eigenvalue weighted by molar-refractivity contribution is -0.173. The fraction of sp³-hybridized carbons (Fsp3) is 0.588. The number of ether oxygens (including phenoxy) is 2. The van der Waals surface area contributed by atoms with Crippen LogP contribution < -0.4 is 4.74 Å². The molecule has 1 heterocycles. The van der Waals surface area contributed by atoms with E-state index in [9.17, 15) is 9.90 Å². The summed E-state index contributed by atoms with van der Waals surface area (Å²) in [6.07, 6.45) is -0.614. The van der Waals surface area contributed by atoms with Crippen LogP contribution in [0.25, 0.3) is 0 Å². The van der Waals surface area contributed by atoms with E-state index in [1.165, 1.54) is 0 Å². The van der Waals surface area contributed by atoms with Crippen LogP contribution in [0, 0.1) is 5.92 Å². The van der Waals surface area contributed by atoms with Gasteiger partial charge in [-0.1, -0.05) is 18.2 Å². The summed E-state index contributed by atoms with van der Waals surface area (Å²) in [5.41, 5.74) is -0.246. The van der Waals surface area contributed by atoms with Crippen molar-refractivity contribution >= 4 is 5.97 Å². The van der Waals surface area contributed by atoms with Crippen molar-refractivity contribution in [2.45, 2.75) is 58.3 Å². The third kappa shape index (κ3) is 3.56. The topological polar surface area (TPSA) is 55.8 Å². The van der Waals surface area contributed by atoms with Crippen LogP contribution in [-0.2, 0) is 16.0 Å². The fourth-order valence-corrected chi connectivity index (χ4v) is 2.63. The average molecular weight is 292 g/mol. The number of para-hydroxylation sites is 1. The zero-order valence-electron chi connectivity index (χ0n) is 13.3. The predicted molar refractivity (Wildman–Crippen MR) is 80.2 cm³/mol. The van der Waals surface area contributed by atoms with Gasteiger partial charge in [0.25, 0.3) is 0 Å². The number of carbonyl (C=O) groups excluding carboxylic acids is 1. The lowest BCUT2D eigenvalue weighted by atomic mass is 9.79. The molecule has 1 aromatic rings. The first kappa shape index (κ1) is 15.8. The summed E-state index contributed by atoms with van der Waals surface area (Å²) < 4.78 is 11.3. The lowest BCUT2D eigenvalue weighted by Gasteiger charge is -2.41. The molecule has 2 atom stereocenters. The number of carbonyl (C=O) groups is 1. The van der Waals surface area contributed by atoms with Crippen molar-refractivity contribution < 1.29 is 19.4 Å². The molecule has 0 saturated carbocycles. The summed E-state index contributed by atoms with van der Waals surface area (Å²) in [5, 5.41) is 10.4. The molecule has 1 N–H and O–H groups in total. The van der Waals surface area contributed by atoms with Crippen molar-refractivity contribution in [1.29, 1.82) is 0 Å². The molecule has 1 aliphatic rings. The number of benzene rings is 1. The zero-order valence-corrected chi connectivity index (χ0v) is 13.3. The third-order valence-electron chi connectivity index (χ3n) is 3.71. The SMILES string of the molecule is CC(C)(C)OC(=O)[C@@H](O)[C@H]1Cc2ccccc2OC1(C)C. The molecule has 0 saturated heterocycles. The molecule has 0 spiro atoms. The number of esters is 1. The fourth-order valence-electron chi connectivity index (χ4n) is 2.63. The third-order valence-corrected chi connectivity index (χ3v) is 3.71. The number of rotatable bonds is 2. The van der Waals surface area contributed by atoms with Crippen LogP contribution in [0.1, 0.15) is 40.2 Å². The van der Waals surface area contributed by atoms with Crippen LogP contribution >= 0.6 is 0 Å². The van der Waals surface area contributed by atoms with Crippen LogP contribution in [-0.4, -0.2) is 28.4 Å². The van der Waals surface area contributed by atoms with Crippen LogP contribution in [0.4, 0.5) is 0 Å². The highest BCUT2D eigenvalue weighted by Crippen LogP contribution is 2.38. The standard InChI is InChI=1S/C17H24O4/c1-16(2,3)21-15(19)14(18)12-10-11-8-6-7-9-13(11)20-17(12,4)5/h6-9,12,14,18H,10H2,1-5H3/t12-,14+/m1/s1. The summed E-state index contributed by atoms with van der Waals surface area (Å²) in [7, 11) is 0. The Morgan fingerprint density at radius 1 is 1.38 bits per heavy atom. The van der Waals surface area contributed by atoms with Crippen molar-refractivity contribution in [2.24, 2.45) is 5.92 Å². The van der Waals surface area contributed by atoms with E-state index in [0.29, 0.717) is 6.42 Å². The van der Waals surface area contributed by atoms with E-state index in [1.54, 1.807) is 20.8 Å². The van der Waals surface area contributed by atoms with Crippen LogP contribution in [0.15, 0.2) is 24.3 Å². The molecule has 0 aromatic heterocycles. The minimum absolute atomic E-state index is 0.345. The van der Waals surface area contributed by atoms with E-state index in [-0.39, 0.29) is 5.92 Å². The predicted octanol–water partition coefficient (Wildman–Crippen LogP) is 2.72. The number of hydrogen-bond donors (Lipinski definition) is 1. The second-order valence-electron chi connectivity index (χ2n) is 7.10. The Labute approximate surface area is 126 Å². The zero-order chi connectivity index (χ0) is 15.8. The average Bonchev–Trinajstić information content (AvgIpc) is 2.34. The van der Waals surface area contributed by atoms with Gasteiger partial charge in [-0.15, -0.1) is 0 Å². The van der Waals surface area contributed by atoms with Gasteiger partial charge in [-0.3, -0.25) is 0 Å². The normalized spacial score (nSPS) is 21.9. The summed E-state index contributed by atoms with van der Waals surface area (Å²) >= 11 is 0. The maximum absolute atomic E-state index is 12.1. The van der Waals surface area contributed by atoms with E-state index in [0.717, 1.165) is 11.3 Å². The highest BCUT2D eigenvalue weighted by molar-refractivity contribution is 5.75. The molecular weight excluding hydrogens is 268 g/mol. The van der Waals surface area contributed by atoms with Gasteiger partial charge in [-0.2, -0.15) is 0 Å². The van der Waals surface area contributed by atoms with Gasteiger partial charge in [-0.25, -0.2) is 4.79 Å². The second-order valence-corrected chi connectivity index (χ2v) is 7.10. The first-order chi connectivity index (χ1) is 9.60. The molecule has 116 valence electrons. The quantitative estimate of drug-likeness (QED) is 0.852. The molecule has 0 radical (unpaired) electrons. The Kier molecular flexibility index (Phi) is 4.02. The van der Waals surface area contributed by atoms with E-state index in [2.05, 4.69) is 0 Å². The molecule has 4 nitrogen and oxygen atoms in total. The number of aliphatic hydroxyl groups excluding tert-OH is 1. The Morgan fingerprint density at radius 2 is 2.00 bits per heavy atom. The van der Waals surface area contributed by atoms with Gasteiger partial charge in [0.05, 0.1) is 0 Å². The van der Waals surface area contributed by atoms with Crippen molar-refractivity contribution in [3.8, 4) is 5.75 Å². The van der Waals surface area contributed by atoms with E-state index in [1.807, 2.05) is 38.1 Å². The molecule has 4 heteroatoms. The van der Waals surface area contributed by atoms with Gasteiger partial charge in [0.1, 0.15) is 17.0 Å². The van der Waals surface area contributed by atoms with Crippen LogP contribution in [0.2, 0.25) is 0 Å². The highest BCUT2D eigenvalue weighted by Gasteiger charge is 2.44. The van der Waals surface area contributed by atoms with Gasteiger partial charge in [-0.05, 0) is 52.7 Å². The molecule has 0 bridgehead atoms. The summed E-state index contributed by atoms with van der Waals surface area (Å²) in [5.74, 6) is -0.124. The summed E-state index contributed by atoms with van der Waals surface area (Å²) in [4.78, 5) is 12.1. The molecule has 1 aliphatic heterocycles. The van der Waals surface area contributed by atoms with Crippen molar-refractivity contribution in [3.63, 3.8) is 0 Å². The molecule has 0 amide bonds. The largest absolute Gasteiger partial charge is 0.487 e. The van der Waals surface area contributed by atoms with Crippen molar-refractivity contribution in [2.75, 3.05) is 0 Å². The number of aliphatic hydroxyl groups is 1. The van der Waals surface area contributed by atoms with Crippen molar-refractivity contribution in [3.05, 3.63) is 29.8 Å². The van der Waals surface area contributed by atoms with Gasteiger partial charge in [0.2, 0.25) is 0 Å². The van der Waals surface area contributed by atoms with Gasteiger partial charge < -0.3 is 14.6 Å². The van der Waals surface area contributed by atoms with Gasteiger partial charge in [0, 0.05) is 5.92 Å². The minimum atomic E-state index is -1.20. The van der Waals surface area contributed by atoms with Gasteiger partial charge >= 0.3 is 5.97 Å². The van der Waals surface area contributed by atoms with E-state index < -0.39 is 23.3 Å². The summed E-state index contributed by atoms with van der Waals surface area (Å²) in [6, 6.07) is 7.71.